The monoisotopic (exact) mass is 312 g/mol. The second-order valence-electron chi connectivity index (χ2n) is 4.30. The molecule has 0 aliphatic rings. The molecule has 2 rings (SSSR count). The Balaban J connectivity index is 2.43. The van der Waals surface area contributed by atoms with Gasteiger partial charge in [0.25, 0.3) is 0 Å². The summed E-state index contributed by atoms with van der Waals surface area (Å²) >= 11 is 5.93. The lowest BCUT2D eigenvalue weighted by Crippen LogP contribution is -2.32. The standard InChI is InChI=1S/C13H17ClN4O3/c1-20-10-5-8-9(6-11(10)21-2)18(12(7-14)17-8)4-3-16-13(15)19/h5-6H,3-4,7H2,1-2H3,(H3,15,16,19). The number of urea groups is 1. The van der Waals surface area contributed by atoms with Crippen LogP contribution in [0.5, 0.6) is 11.5 Å². The average Bonchev–Trinajstić information content (AvgIpc) is 2.82. The van der Waals surface area contributed by atoms with Gasteiger partial charge in [0.2, 0.25) is 0 Å². The molecule has 7 nitrogen and oxygen atoms in total. The molecule has 0 aliphatic carbocycles. The third-order valence-corrected chi connectivity index (χ3v) is 3.33. The molecule has 0 atom stereocenters. The Bertz CT molecular complexity index is 656. The molecule has 0 bridgehead atoms. The van der Waals surface area contributed by atoms with Gasteiger partial charge < -0.3 is 25.1 Å². The van der Waals surface area contributed by atoms with Gasteiger partial charge in [0, 0.05) is 25.2 Å². The Morgan fingerprint density at radius 2 is 2.05 bits per heavy atom. The summed E-state index contributed by atoms with van der Waals surface area (Å²) < 4.78 is 12.5. The first-order chi connectivity index (χ1) is 10.1. The van der Waals surface area contributed by atoms with Crippen LogP contribution in [-0.2, 0) is 12.4 Å². The minimum atomic E-state index is -0.564. The van der Waals surface area contributed by atoms with E-state index in [0.29, 0.717) is 30.4 Å². The SMILES string of the molecule is COc1cc2nc(CCl)n(CCNC(N)=O)c2cc1OC. The number of nitrogens with zero attached hydrogens (tertiary/aromatic N) is 2. The molecular weight excluding hydrogens is 296 g/mol. The number of aromatic nitrogens is 2. The maximum absolute atomic E-state index is 10.8. The van der Waals surface area contributed by atoms with Crippen molar-refractivity contribution in [1.82, 2.24) is 14.9 Å². The van der Waals surface area contributed by atoms with Crippen molar-refractivity contribution >= 4 is 28.7 Å². The number of benzene rings is 1. The van der Waals surface area contributed by atoms with Gasteiger partial charge in [-0.25, -0.2) is 9.78 Å². The maximum Gasteiger partial charge on any atom is 0.312 e. The molecule has 0 spiro atoms. The number of methoxy groups -OCH3 is 2. The first-order valence-electron chi connectivity index (χ1n) is 6.31. The molecule has 2 amide bonds. The van der Waals surface area contributed by atoms with Gasteiger partial charge in [0.05, 0.1) is 31.1 Å². The lowest BCUT2D eigenvalue weighted by molar-refractivity contribution is 0.248. The Hall–Kier alpha value is -2.15. The summed E-state index contributed by atoms with van der Waals surface area (Å²) in [5, 5.41) is 2.54. The van der Waals surface area contributed by atoms with Gasteiger partial charge in [-0.1, -0.05) is 0 Å². The van der Waals surface area contributed by atoms with Crippen LogP contribution in [0.3, 0.4) is 0 Å². The fraction of sp³-hybridized carbons (Fsp3) is 0.385. The minimum Gasteiger partial charge on any atom is -0.493 e. The van der Waals surface area contributed by atoms with E-state index in [2.05, 4.69) is 10.3 Å². The summed E-state index contributed by atoms with van der Waals surface area (Å²) in [6, 6.07) is 3.06. The normalized spacial score (nSPS) is 10.6. The second kappa shape index (κ2) is 6.53. The summed E-state index contributed by atoms with van der Waals surface area (Å²) in [5.41, 5.74) is 6.67. The molecule has 21 heavy (non-hydrogen) atoms. The Kier molecular flexibility index (Phi) is 4.74. The van der Waals surface area contributed by atoms with E-state index in [1.165, 1.54) is 0 Å². The summed E-state index contributed by atoms with van der Waals surface area (Å²) in [6.07, 6.45) is 0. The number of halogens is 1. The zero-order valence-electron chi connectivity index (χ0n) is 11.9. The molecule has 8 heteroatoms. The molecule has 0 radical (unpaired) electrons. The molecule has 0 saturated carbocycles. The minimum absolute atomic E-state index is 0.260. The van der Waals surface area contributed by atoms with E-state index in [4.69, 9.17) is 26.8 Å². The number of rotatable bonds is 6. The third-order valence-electron chi connectivity index (χ3n) is 3.09. The van der Waals surface area contributed by atoms with E-state index in [0.717, 1.165) is 11.0 Å². The number of fused-ring (bicyclic) bond motifs is 1. The quantitative estimate of drug-likeness (QED) is 0.790. The van der Waals surface area contributed by atoms with Gasteiger partial charge in [-0.05, 0) is 0 Å². The molecule has 3 N–H and O–H groups in total. The van der Waals surface area contributed by atoms with Crippen LogP contribution in [-0.4, -0.2) is 36.3 Å². The Morgan fingerprint density at radius 1 is 1.38 bits per heavy atom. The molecule has 1 aromatic heterocycles. The first kappa shape index (κ1) is 15.2. The number of primary amides is 1. The smallest absolute Gasteiger partial charge is 0.312 e. The number of ether oxygens (including phenoxy) is 2. The van der Waals surface area contributed by atoms with Crippen LogP contribution in [0.15, 0.2) is 12.1 Å². The Morgan fingerprint density at radius 3 is 2.62 bits per heavy atom. The number of nitrogens with two attached hydrogens (primary N) is 1. The van der Waals surface area contributed by atoms with E-state index in [9.17, 15) is 4.79 Å². The van der Waals surface area contributed by atoms with E-state index >= 15 is 0 Å². The van der Waals surface area contributed by atoms with Crippen LogP contribution in [0.2, 0.25) is 0 Å². The lowest BCUT2D eigenvalue weighted by atomic mass is 10.2. The van der Waals surface area contributed by atoms with Crippen LogP contribution >= 0.6 is 11.6 Å². The maximum atomic E-state index is 10.8. The van der Waals surface area contributed by atoms with Crippen molar-refractivity contribution in [3.63, 3.8) is 0 Å². The number of nitrogens with one attached hydrogen (secondary N) is 1. The second-order valence-corrected chi connectivity index (χ2v) is 4.57. The molecule has 0 saturated heterocycles. The highest BCUT2D eigenvalue weighted by molar-refractivity contribution is 6.16. The van der Waals surface area contributed by atoms with E-state index in [1.54, 1.807) is 20.3 Å². The highest BCUT2D eigenvalue weighted by Crippen LogP contribution is 2.32. The van der Waals surface area contributed by atoms with E-state index in [1.807, 2.05) is 10.6 Å². The third kappa shape index (κ3) is 3.13. The molecule has 0 fully saturated rings. The van der Waals surface area contributed by atoms with Gasteiger partial charge in [-0.3, -0.25) is 0 Å². The highest BCUT2D eigenvalue weighted by atomic mass is 35.5. The molecule has 1 heterocycles. The van der Waals surface area contributed by atoms with Crippen LogP contribution in [0, 0.1) is 0 Å². The van der Waals surface area contributed by atoms with Crippen LogP contribution < -0.4 is 20.5 Å². The van der Waals surface area contributed by atoms with Crippen molar-refractivity contribution in [3.8, 4) is 11.5 Å². The number of carbonyl (C=O) groups excluding carboxylic acids is 1. The number of hydrogen-bond acceptors (Lipinski definition) is 4. The Labute approximate surface area is 127 Å². The zero-order chi connectivity index (χ0) is 15.4. The number of carbonyl (C=O) groups is 1. The van der Waals surface area contributed by atoms with Gasteiger partial charge in [0.1, 0.15) is 5.82 Å². The van der Waals surface area contributed by atoms with E-state index < -0.39 is 6.03 Å². The zero-order valence-corrected chi connectivity index (χ0v) is 12.6. The van der Waals surface area contributed by atoms with Gasteiger partial charge in [0.15, 0.2) is 11.5 Å². The fourth-order valence-electron chi connectivity index (χ4n) is 2.14. The van der Waals surface area contributed by atoms with Crippen LogP contribution in [0.25, 0.3) is 11.0 Å². The lowest BCUT2D eigenvalue weighted by Gasteiger charge is -2.10. The highest BCUT2D eigenvalue weighted by Gasteiger charge is 2.14. The molecule has 114 valence electrons. The first-order valence-corrected chi connectivity index (χ1v) is 6.84. The summed E-state index contributed by atoms with van der Waals surface area (Å²) in [5.74, 6) is 2.17. The van der Waals surface area contributed by atoms with Crippen molar-refractivity contribution in [2.75, 3.05) is 20.8 Å². The summed E-state index contributed by atoms with van der Waals surface area (Å²) in [7, 11) is 3.14. The molecule has 0 aliphatic heterocycles. The molecule has 2 aromatic rings. The molecular formula is C13H17ClN4O3. The number of alkyl halides is 1. The topological polar surface area (TPSA) is 91.4 Å². The van der Waals surface area contributed by atoms with E-state index in [-0.39, 0.29) is 5.88 Å². The number of imidazole rings is 1. The van der Waals surface area contributed by atoms with Crippen molar-refractivity contribution in [3.05, 3.63) is 18.0 Å². The average molecular weight is 313 g/mol. The number of amides is 2. The summed E-state index contributed by atoms with van der Waals surface area (Å²) in [6.45, 7) is 0.899. The predicted octanol–water partition coefficient (Wildman–Crippen LogP) is 1.46. The van der Waals surface area contributed by atoms with Crippen LogP contribution in [0.4, 0.5) is 4.79 Å². The van der Waals surface area contributed by atoms with Crippen LogP contribution in [0.1, 0.15) is 5.82 Å². The largest absolute Gasteiger partial charge is 0.493 e. The number of hydrogen-bond donors (Lipinski definition) is 2. The summed E-state index contributed by atoms with van der Waals surface area (Å²) in [4.78, 5) is 15.2. The molecule has 0 unspecified atom stereocenters. The van der Waals surface area contributed by atoms with Crippen molar-refractivity contribution in [2.24, 2.45) is 5.73 Å². The van der Waals surface area contributed by atoms with Gasteiger partial charge in [-0.15, -0.1) is 11.6 Å². The van der Waals surface area contributed by atoms with Gasteiger partial charge in [-0.2, -0.15) is 0 Å². The predicted molar refractivity (Wildman–Crippen MR) is 80.0 cm³/mol. The van der Waals surface area contributed by atoms with Gasteiger partial charge >= 0.3 is 6.03 Å². The fourth-order valence-corrected chi connectivity index (χ4v) is 2.35. The van der Waals surface area contributed by atoms with Crippen molar-refractivity contribution in [2.45, 2.75) is 12.4 Å². The van der Waals surface area contributed by atoms with Crippen molar-refractivity contribution < 1.29 is 14.3 Å². The van der Waals surface area contributed by atoms with Crippen molar-refractivity contribution in [1.29, 1.82) is 0 Å². The molecule has 1 aromatic carbocycles.